The van der Waals surface area contributed by atoms with E-state index in [9.17, 15) is 19.5 Å². The maximum Gasteiger partial charge on any atom is 0.248 e. The number of amides is 3. The van der Waals surface area contributed by atoms with E-state index in [1.165, 1.54) is 0 Å². The van der Waals surface area contributed by atoms with Crippen molar-refractivity contribution in [1.82, 2.24) is 14.7 Å². The minimum absolute atomic E-state index is 0.0782. The van der Waals surface area contributed by atoms with Crippen molar-refractivity contribution in [3.8, 4) is 0 Å². The zero-order valence-corrected chi connectivity index (χ0v) is 18.8. The lowest BCUT2D eigenvalue weighted by molar-refractivity contribution is -0.149. The van der Waals surface area contributed by atoms with Crippen molar-refractivity contribution in [2.45, 2.75) is 56.9 Å². The average Bonchev–Trinajstić information content (AvgIpc) is 3.36. The molecule has 3 aliphatic heterocycles. The summed E-state index contributed by atoms with van der Waals surface area (Å²) in [6, 6.07) is -0.878. The summed E-state index contributed by atoms with van der Waals surface area (Å²) in [7, 11) is 1.69. The number of likely N-dealkylation sites (tertiary alicyclic amines) is 1. The lowest BCUT2D eigenvalue weighted by atomic mass is 9.70. The summed E-state index contributed by atoms with van der Waals surface area (Å²) >= 11 is 0. The number of fused-ring (bicyclic) bond motifs is 1. The van der Waals surface area contributed by atoms with Crippen LogP contribution < -0.4 is 0 Å². The van der Waals surface area contributed by atoms with E-state index in [0.717, 1.165) is 0 Å². The van der Waals surface area contributed by atoms with Crippen molar-refractivity contribution >= 4 is 17.7 Å². The van der Waals surface area contributed by atoms with Crippen molar-refractivity contribution in [2.75, 3.05) is 33.3 Å². The van der Waals surface area contributed by atoms with Gasteiger partial charge in [-0.15, -0.1) is 13.2 Å². The number of hydrogen-bond acceptors (Lipinski definition) is 5. The van der Waals surface area contributed by atoms with Crippen LogP contribution in [0.5, 0.6) is 0 Å². The summed E-state index contributed by atoms with van der Waals surface area (Å²) < 4.78 is 6.40. The van der Waals surface area contributed by atoms with Crippen LogP contribution in [0.3, 0.4) is 0 Å². The van der Waals surface area contributed by atoms with Crippen molar-refractivity contribution < 1.29 is 24.2 Å². The summed E-state index contributed by atoms with van der Waals surface area (Å²) in [6.07, 6.45) is 4.52. The number of carbonyl (C=O) groups excluding carboxylic acids is 3. The first-order valence-corrected chi connectivity index (χ1v) is 11.1. The summed E-state index contributed by atoms with van der Waals surface area (Å²) in [5.74, 6) is -1.84. The molecule has 0 radical (unpaired) electrons. The van der Waals surface area contributed by atoms with Crippen LogP contribution in [0, 0.1) is 11.8 Å². The van der Waals surface area contributed by atoms with Gasteiger partial charge < -0.3 is 24.5 Å². The Morgan fingerprint density at radius 3 is 2.55 bits per heavy atom. The van der Waals surface area contributed by atoms with Gasteiger partial charge in [-0.1, -0.05) is 12.2 Å². The van der Waals surface area contributed by atoms with Gasteiger partial charge in [0.2, 0.25) is 17.7 Å². The van der Waals surface area contributed by atoms with Crippen LogP contribution in [0.25, 0.3) is 0 Å². The first-order chi connectivity index (χ1) is 14.7. The van der Waals surface area contributed by atoms with E-state index in [0.29, 0.717) is 32.4 Å². The van der Waals surface area contributed by atoms with E-state index in [1.807, 2.05) is 13.8 Å². The summed E-state index contributed by atoms with van der Waals surface area (Å²) in [4.78, 5) is 45.4. The quantitative estimate of drug-likeness (QED) is 0.515. The van der Waals surface area contributed by atoms with Crippen molar-refractivity contribution in [2.24, 2.45) is 11.8 Å². The number of aliphatic hydroxyl groups excluding tert-OH is 1. The molecule has 2 unspecified atom stereocenters. The second-order valence-corrected chi connectivity index (χ2v) is 9.05. The molecule has 8 heteroatoms. The van der Waals surface area contributed by atoms with Crippen molar-refractivity contribution in [3.05, 3.63) is 25.3 Å². The first-order valence-electron chi connectivity index (χ1n) is 11.1. The minimum Gasteiger partial charge on any atom is -0.396 e. The Balaban J connectivity index is 2.02. The van der Waals surface area contributed by atoms with Crippen LogP contribution in [-0.4, -0.2) is 94.6 Å². The molecule has 172 valence electrons. The predicted octanol–water partition coefficient (Wildman–Crippen LogP) is 0.811. The van der Waals surface area contributed by atoms with Gasteiger partial charge in [0, 0.05) is 39.3 Å². The van der Waals surface area contributed by atoms with Gasteiger partial charge in [0.25, 0.3) is 0 Å². The molecule has 2 bridgehead atoms. The summed E-state index contributed by atoms with van der Waals surface area (Å²) in [5, 5.41) is 9.38. The van der Waals surface area contributed by atoms with Crippen LogP contribution in [0.1, 0.15) is 33.1 Å². The molecular formula is C23H35N3O5. The monoisotopic (exact) mass is 433 g/mol. The molecular weight excluding hydrogens is 398 g/mol. The molecule has 8 nitrogen and oxygen atoms in total. The molecule has 0 saturated carbocycles. The number of likely N-dealkylation sites (N-methyl/N-ethyl adjacent to an activating group) is 1. The Bertz CT molecular complexity index is 753. The molecule has 3 amide bonds. The van der Waals surface area contributed by atoms with E-state index in [1.54, 1.807) is 33.9 Å². The highest BCUT2D eigenvalue weighted by Gasteiger charge is 2.74. The number of carbonyl (C=O) groups is 3. The molecule has 3 saturated heterocycles. The fraction of sp³-hybridized carbons (Fsp3) is 0.696. The standard InChI is InChI=1S/C23H35N3O5/c1-6-11-24(5)20(28)17-16-9-10-23(31-16)18(17)21(29)26(13-8-14-27)19(23)22(30)25(12-7-2)15(3)4/h6-7,15-19,27H,1-2,8-14H2,3-5H3/t16-,17+,18-,19?,23?/m0/s1. The predicted molar refractivity (Wildman–Crippen MR) is 116 cm³/mol. The molecule has 3 rings (SSSR count). The molecule has 1 N–H and O–H groups in total. The molecule has 3 aliphatic rings. The smallest absolute Gasteiger partial charge is 0.248 e. The Hall–Kier alpha value is -2.19. The van der Waals surface area contributed by atoms with Crippen LogP contribution in [-0.2, 0) is 19.1 Å². The number of hydrogen-bond donors (Lipinski definition) is 1. The first kappa shape index (κ1) is 23.5. The van der Waals surface area contributed by atoms with Gasteiger partial charge in [-0.3, -0.25) is 14.4 Å². The Morgan fingerprint density at radius 2 is 1.97 bits per heavy atom. The van der Waals surface area contributed by atoms with E-state index in [2.05, 4.69) is 13.2 Å². The lowest BCUT2D eigenvalue weighted by Crippen LogP contribution is -2.57. The number of aliphatic hydroxyl groups is 1. The topological polar surface area (TPSA) is 90.4 Å². The number of nitrogens with zero attached hydrogens (tertiary/aromatic N) is 3. The normalized spacial score (nSPS) is 31.1. The van der Waals surface area contributed by atoms with Gasteiger partial charge in [-0.2, -0.15) is 0 Å². The van der Waals surface area contributed by atoms with Gasteiger partial charge in [0.15, 0.2) is 0 Å². The number of ether oxygens (including phenoxy) is 1. The average molecular weight is 434 g/mol. The summed E-state index contributed by atoms with van der Waals surface area (Å²) in [6.45, 7) is 12.2. The van der Waals surface area contributed by atoms with Gasteiger partial charge in [-0.25, -0.2) is 0 Å². The SMILES string of the molecule is C=CCN(C)C(=O)[C@@H]1[C@@H]2CCC3(O2)C(C(=O)N(CC=C)C(C)C)N(CCCO)C(=O)[C@H]13. The molecule has 0 aromatic rings. The van der Waals surface area contributed by atoms with Crippen molar-refractivity contribution in [3.63, 3.8) is 0 Å². The molecule has 31 heavy (non-hydrogen) atoms. The van der Waals surface area contributed by atoms with Gasteiger partial charge in [0.1, 0.15) is 11.6 Å². The fourth-order valence-electron chi connectivity index (χ4n) is 5.59. The molecule has 3 fully saturated rings. The Labute approximate surface area is 184 Å². The van der Waals surface area contributed by atoms with Crippen LogP contribution in [0.2, 0.25) is 0 Å². The highest BCUT2D eigenvalue weighted by atomic mass is 16.5. The maximum atomic E-state index is 13.8. The highest BCUT2D eigenvalue weighted by molar-refractivity contribution is 5.99. The third-order valence-corrected chi connectivity index (χ3v) is 6.89. The number of rotatable bonds is 10. The molecule has 0 aromatic carbocycles. The summed E-state index contributed by atoms with van der Waals surface area (Å²) in [5.41, 5.74) is -1.00. The zero-order valence-electron chi connectivity index (χ0n) is 18.8. The van der Waals surface area contributed by atoms with Gasteiger partial charge in [0.05, 0.1) is 17.9 Å². The highest BCUT2D eigenvalue weighted by Crippen LogP contribution is 2.58. The fourth-order valence-corrected chi connectivity index (χ4v) is 5.59. The molecule has 0 aliphatic carbocycles. The van der Waals surface area contributed by atoms with Crippen LogP contribution in [0.4, 0.5) is 0 Å². The second-order valence-electron chi connectivity index (χ2n) is 9.05. The Kier molecular flexibility index (Phi) is 6.91. The van der Waals surface area contributed by atoms with Gasteiger partial charge >= 0.3 is 0 Å². The van der Waals surface area contributed by atoms with E-state index < -0.39 is 23.5 Å². The largest absolute Gasteiger partial charge is 0.396 e. The van der Waals surface area contributed by atoms with E-state index in [-0.39, 0.29) is 43.0 Å². The molecule has 5 atom stereocenters. The zero-order chi connectivity index (χ0) is 22.9. The van der Waals surface area contributed by atoms with E-state index >= 15 is 0 Å². The minimum atomic E-state index is -1.00. The van der Waals surface area contributed by atoms with Crippen LogP contribution >= 0.6 is 0 Å². The third kappa shape index (κ3) is 3.69. The molecule has 1 spiro atoms. The molecule has 3 heterocycles. The lowest BCUT2D eigenvalue weighted by Gasteiger charge is -2.38. The second kappa shape index (κ2) is 9.12. The third-order valence-electron chi connectivity index (χ3n) is 6.89. The Morgan fingerprint density at radius 1 is 1.29 bits per heavy atom. The van der Waals surface area contributed by atoms with Crippen LogP contribution in [0.15, 0.2) is 25.3 Å². The van der Waals surface area contributed by atoms with Crippen molar-refractivity contribution in [1.29, 1.82) is 0 Å². The molecule has 0 aromatic heterocycles. The van der Waals surface area contributed by atoms with E-state index in [4.69, 9.17) is 4.74 Å². The van der Waals surface area contributed by atoms with Gasteiger partial charge in [-0.05, 0) is 33.1 Å². The maximum absolute atomic E-state index is 13.8.